The van der Waals surface area contributed by atoms with Gasteiger partial charge in [0.05, 0.1) is 0 Å². The molecule has 60 valence electrons. The van der Waals surface area contributed by atoms with Crippen molar-refractivity contribution in [3.8, 4) is 0 Å². The fourth-order valence-electron chi connectivity index (χ4n) is 0.692. The van der Waals surface area contributed by atoms with Gasteiger partial charge in [-0.05, 0) is 19.4 Å². The second-order valence-electron chi connectivity index (χ2n) is 2.35. The van der Waals surface area contributed by atoms with Gasteiger partial charge in [0.2, 0.25) is 0 Å². The molecule has 0 aliphatic rings. The van der Waals surface area contributed by atoms with Gasteiger partial charge in [0.25, 0.3) is 0 Å². The van der Waals surface area contributed by atoms with E-state index in [9.17, 15) is 4.79 Å². The topological polar surface area (TPSA) is 89.3 Å². The SMILES string of the molecule is CCC(N)(CCN)C(=O)O. The zero-order chi connectivity index (χ0) is 8.20. The van der Waals surface area contributed by atoms with Crippen LogP contribution in [0.1, 0.15) is 19.8 Å². The van der Waals surface area contributed by atoms with Gasteiger partial charge in [-0.15, -0.1) is 0 Å². The van der Waals surface area contributed by atoms with E-state index in [0.717, 1.165) is 0 Å². The molecule has 0 fully saturated rings. The predicted octanol–water partition coefficient (Wildman–Crippen LogP) is -0.473. The highest BCUT2D eigenvalue weighted by Crippen LogP contribution is 2.09. The van der Waals surface area contributed by atoms with E-state index in [-0.39, 0.29) is 0 Å². The third-order valence-corrected chi connectivity index (χ3v) is 1.65. The summed E-state index contributed by atoms with van der Waals surface area (Å²) in [5.41, 5.74) is 9.54. The molecule has 0 aliphatic heterocycles. The maximum atomic E-state index is 10.5. The Bertz CT molecular complexity index is 127. The van der Waals surface area contributed by atoms with Crippen molar-refractivity contribution in [2.24, 2.45) is 11.5 Å². The lowest BCUT2D eigenvalue weighted by molar-refractivity contribution is -0.143. The third-order valence-electron chi connectivity index (χ3n) is 1.65. The molecule has 0 bridgehead atoms. The summed E-state index contributed by atoms with van der Waals surface area (Å²) in [5, 5.41) is 8.58. The lowest BCUT2D eigenvalue weighted by atomic mass is 9.94. The van der Waals surface area contributed by atoms with E-state index in [4.69, 9.17) is 16.6 Å². The molecule has 0 aromatic heterocycles. The zero-order valence-corrected chi connectivity index (χ0v) is 6.13. The van der Waals surface area contributed by atoms with Gasteiger partial charge in [0.15, 0.2) is 0 Å². The summed E-state index contributed by atoms with van der Waals surface area (Å²) in [6.07, 6.45) is 0.748. The van der Waals surface area contributed by atoms with E-state index in [0.29, 0.717) is 19.4 Å². The van der Waals surface area contributed by atoms with E-state index < -0.39 is 11.5 Å². The van der Waals surface area contributed by atoms with Crippen molar-refractivity contribution in [3.05, 3.63) is 0 Å². The summed E-state index contributed by atoms with van der Waals surface area (Å²) in [4.78, 5) is 10.5. The van der Waals surface area contributed by atoms with Gasteiger partial charge in [-0.25, -0.2) is 0 Å². The Morgan fingerprint density at radius 3 is 2.30 bits per heavy atom. The molecule has 0 aromatic carbocycles. The van der Waals surface area contributed by atoms with Crippen molar-refractivity contribution >= 4 is 5.97 Å². The van der Waals surface area contributed by atoms with Crippen LogP contribution < -0.4 is 11.5 Å². The number of aliphatic carboxylic acids is 1. The molecule has 0 amide bonds. The molecular formula is C6H14N2O2. The van der Waals surface area contributed by atoms with E-state index >= 15 is 0 Å². The molecule has 0 radical (unpaired) electrons. The molecule has 4 heteroatoms. The molecule has 4 nitrogen and oxygen atoms in total. The summed E-state index contributed by atoms with van der Waals surface area (Å²) in [6.45, 7) is 2.06. The lowest BCUT2D eigenvalue weighted by Gasteiger charge is -2.21. The largest absolute Gasteiger partial charge is 0.480 e. The van der Waals surface area contributed by atoms with Crippen LogP contribution in [0.15, 0.2) is 0 Å². The highest BCUT2D eigenvalue weighted by Gasteiger charge is 2.30. The van der Waals surface area contributed by atoms with Crippen LogP contribution in [0.2, 0.25) is 0 Å². The molecule has 0 rings (SSSR count). The number of carboxylic acids is 1. The zero-order valence-electron chi connectivity index (χ0n) is 6.13. The number of hydrogen-bond donors (Lipinski definition) is 3. The van der Waals surface area contributed by atoms with Crippen LogP contribution in [0.25, 0.3) is 0 Å². The average Bonchev–Trinajstić information content (AvgIpc) is 1.88. The number of hydrogen-bond acceptors (Lipinski definition) is 3. The quantitative estimate of drug-likeness (QED) is 0.500. The first kappa shape index (κ1) is 9.39. The Morgan fingerprint density at radius 1 is 1.70 bits per heavy atom. The number of carboxylic acid groups (broad SMARTS) is 1. The third kappa shape index (κ3) is 1.97. The van der Waals surface area contributed by atoms with Crippen LogP contribution in [0.3, 0.4) is 0 Å². The van der Waals surface area contributed by atoms with Crippen molar-refractivity contribution in [2.75, 3.05) is 6.54 Å². The van der Waals surface area contributed by atoms with Crippen molar-refractivity contribution in [1.29, 1.82) is 0 Å². The van der Waals surface area contributed by atoms with Crippen molar-refractivity contribution in [3.63, 3.8) is 0 Å². The van der Waals surface area contributed by atoms with Gasteiger partial charge in [0, 0.05) is 0 Å². The smallest absolute Gasteiger partial charge is 0.323 e. The minimum Gasteiger partial charge on any atom is -0.480 e. The van der Waals surface area contributed by atoms with Gasteiger partial charge in [-0.2, -0.15) is 0 Å². The first-order chi connectivity index (χ1) is 4.56. The molecule has 0 aromatic rings. The van der Waals surface area contributed by atoms with Crippen LogP contribution >= 0.6 is 0 Å². The van der Waals surface area contributed by atoms with E-state index in [1.54, 1.807) is 6.92 Å². The van der Waals surface area contributed by atoms with Gasteiger partial charge in [-0.1, -0.05) is 6.92 Å². The minimum atomic E-state index is -1.12. The average molecular weight is 146 g/mol. The van der Waals surface area contributed by atoms with E-state index in [2.05, 4.69) is 0 Å². The van der Waals surface area contributed by atoms with Gasteiger partial charge < -0.3 is 16.6 Å². The molecule has 1 unspecified atom stereocenters. The number of carbonyl (C=O) groups is 1. The Labute approximate surface area is 60.2 Å². The van der Waals surface area contributed by atoms with Crippen molar-refractivity contribution < 1.29 is 9.90 Å². The summed E-state index contributed by atoms with van der Waals surface area (Å²) < 4.78 is 0. The maximum absolute atomic E-state index is 10.5. The van der Waals surface area contributed by atoms with Crippen LogP contribution in [0.5, 0.6) is 0 Å². The number of nitrogens with two attached hydrogens (primary N) is 2. The van der Waals surface area contributed by atoms with E-state index in [1.165, 1.54) is 0 Å². The van der Waals surface area contributed by atoms with E-state index in [1.807, 2.05) is 0 Å². The van der Waals surface area contributed by atoms with Gasteiger partial charge >= 0.3 is 5.97 Å². The van der Waals surface area contributed by atoms with Crippen molar-refractivity contribution in [2.45, 2.75) is 25.3 Å². The molecule has 0 saturated carbocycles. The first-order valence-electron chi connectivity index (χ1n) is 3.29. The van der Waals surface area contributed by atoms with Crippen molar-refractivity contribution in [1.82, 2.24) is 0 Å². The monoisotopic (exact) mass is 146 g/mol. The Kier molecular flexibility index (Phi) is 3.32. The van der Waals surface area contributed by atoms with Crippen LogP contribution in [-0.2, 0) is 4.79 Å². The van der Waals surface area contributed by atoms with Crippen LogP contribution in [0.4, 0.5) is 0 Å². The molecule has 0 heterocycles. The Hall–Kier alpha value is -0.610. The normalized spacial score (nSPS) is 16.3. The lowest BCUT2D eigenvalue weighted by Crippen LogP contribution is -2.48. The predicted molar refractivity (Wildman–Crippen MR) is 38.5 cm³/mol. The molecule has 5 N–H and O–H groups in total. The Morgan fingerprint density at radius 2 is 2.20 bits per heavy atom. The summed E-state index contributed by atoms with van der Waals surface area (Å²) in [6, 6.07) is 0. The second-order valence-corrected chi connectivity index (χ2v) is 2.35. The molecular weight excluding hydrogens is 132 g/mol. The Balaban J connectivity index is 4.08. The standard InChI is InChI=1S/C6H14N2O2/c1-2-6(8,3-4-7)5(9)10/h2-4,7-8H2,1H3,(H,9,10). The maximum Gasteiger partial charge on any atom is 0.323 e. The fraction of sp³-hybridized carbons (Fsp3) is 0.833. The molecule has 1 atom stereocenters. The summed E-state index contributed by atoms with van der Waals surface area (Å²) in [7, 11) is 0. The highest BCUT2D eigenvalue weighted by atomic mass is 16.4. The highest BCUT2D eigenvalue weighted by molar-refractivity contribution is 5.78. The van der Waals surface area contributed by atoms with Crippen LogP contribution in [0, 0.1) is 0 Å². The molecule has 0 spiro atoms. The second kappa shape index (κ2) is 3.53. The van der Waals surface area contributed by atoms with Crippen LogP contribution in [-0.4, -0.2) is 23.2 Å². The minimum absolute atomic E-state index is 0.316. The molecule has 10 heavy (non-hydrogen) atoms. The molecule has 0 saturated heterocycles. The summed E-state index contributed by atoms with van der Waals surface area (Å²) in [5.74, 6) is -0.972. The first-order valence-corrected chi connectivity index (χ1v) is 3.29. The van der Waals surface area contributed by atoms with Gasteiger partial charge in [-0.3, -0.25) is 4.79 Å². The number of rotatable bonds is 4. The fourth-order valence-corrected chi connectivity index (χ4v) is 0.692. The molecule has 0 aliphatic carbocycles. The van der Waals surface area contributed by atoms with Gasteiger partial charge in [0.1, 0.15) is 5.54 Å². The summed E-state index contributed by atoms with van der Waals surface area (Å²) >= 11 is 0.